The molecule has 0 aliphatic heterocycles. The fourth-order valence-electron chi connectivity index (χ4n) is 3.05. The first-order chi connectivity index (χ1) is 12.8. The van der Waals surface area contributed by atoms with E-state index in [1.54, 1.807) is 0 Å². The molecule has 4 rings (SSSR count). The lowest BCUT2D eigenvalue weighted by Gasteiger charge is -2.03. The Morgan fingerprint density at radius 3 is 2.04 bits per heavy atom. The first kappa shape index (κ1) is 16.3. The number of aromatic amines is 2. The molecule has 132 valence electrons. The summed E-state index contributed by atoms with van der Waals surface area (Å²) in [4.78, 5) is 27.6. The van der Waals surface area contributed by atoms with Gasteiger partial charge in [0.1, 0.15) is 11.6 Å². The smallest absolute Gasteiger partial charge is 0.220 e. The van der Waals surface area contributed by atoms with Gasteiger partial charge in [-0.25, -0.2) is 9.97 Å². The zero-order valence-electron chi connectivity index (χ0n) is 14.5. The molecule has 3 N–H and O–H groups in total. The molecule has 6 heteroatoms. The highest BCUT2D eigenvalue weighted by molar-refractivity contribution is 5.77. The summed E-state index contributed by atoms with van der Waals surface area (Å²) in [6.07, 6.45) is 2.73. The van der Waals surface area contributed by atoms with E-state index in [4.69, 9.17) is 0 Å². The molecule has 0 aliphatic rings. The van der Waals surface area contributed by atoms with E-state index in [0.717, 1.165) is 46.6 Å². The number of amides is 1. The molecular formula is C20H21N5O. The zero-order chi connectivity index (χ0) is 17.8. The van der Waals surface area contributed by atoms with E-state index >= 15 is 0 Å². The largest absolute Gasteiger partial charge is 0.356 e. The summed E-state index contributed by atoms with van der Waals surface area (Å²) in [5, 5.41) is 2.97. The van der Waals surface area contributed by atoms with Crippen LogP contribution in [-0.4, -0.2) is 32.4 Å². The fraction of sp³-hybridized carbons (Fsp3) is 0.250. The number of H-pyrrole nitrogens is 2. The van der Waals surface area contributed by atoms with Gasteiger partial charge in [0.25, 0.3) is 0 Å². The summed E-state index contributed by atoms with van der Waals surface area (Å²) in [6.45, 7) is 0.649. The van der Waals surface area contributed by atoms with Gasteiger partial charge < -0.3 is 15.3 Å². The monoisotopic (exact) mass is 347 g/mol. The van der Waals surface area contributed by atoms with E-state index in [-0.39, 0.29) is 5.91 Å². The summed E-state index contributed by atoms with van der Waals surface area (Å²) in [5.74, 6) is 1.86. The van der Waals surface area contributed by atoms with E-state index in [0.29, 0.717) is 19.4 Å². The number of aromatic nitrogens is 4. The van der Waals surface area contributed by atoms with Crippen LogP contribution in [0.3, 0.4) is 0 Å². The second kappa shape index (κ2) is 7.39. The van der Waals surface area contributed by atoms with Gasteiger partial charge in [0.15, 0.2) is 0 Å². The van der Waals surface area contributed by atoms with E-state index in [9.17, 15) is 4.79 Å². The standard InChI is InChI=1S/C20H21N5O/c26-20(12-11-19-24-16-8-3-4-9-17(16)25-19)21-13-5-10-18-22-14-6-1-2-7-15(14)23-18/h1-4,6-9H,5,10-13H2,(H,21,26)(H,22,23)(H,24,25). The molecule has 1 amide bonds. The highest BCUT2D eigenvalue weighted by Crippen LogP contribution is 2.12. The molecule has 0 saturated heterocycles. The second-order valence-corrected chi connectivity index (χ2v) is 6.35. The Balaban J connectivity index is 1.20. The van der Waals surface area contributed by atoms with E-state index in [1.165, 1.54) is 0 Å². The summed E-state index contributed by atoms with van der Waals surface area (Å²) >= 11 is 0. The Morgan fingerprint density at radius 2 is 1.42 bits per heavy atom. The molecule has 6 nitrogen and oxygen atoms in total. The molecular weight excluding hydrogens is 326 g/mol. The molecule has 0 aliphatic carbocycles. The van der Waals surface area contributed by atoms with Crippen LogP contribution in [0.2, 0.25) is 0 Å². The highest BCUT2D eigenvalue weighted by Gasteiger charge is 2.06. The quantitative estimate of drug-likeness (QED) is 0.449. The maximum Gasteiger partial charge on any atom is 0.220 e. The maximum atomic E-state index is 12.0. The molecule has 2 aromatic carbocycles. The number of benzene rings is 2. The summed E-state index contributed by atoms with van der Waals surface area (Å²) in [5.41, 5.74) is 3.98. The predicted octanol–water partition coefficient (Wildman–Crippen LogP) is 3.12. The Hall–Kier alpha value is -3.15. The number of hydrogen-bond donors (Lipinski definition) is 3. The van der Waals surface area contributed by atoms with Crippen LogP contribution in [0.15, 0.2) is 48.5 Å². The maximum absolute atomic E-state index is 12.0. The van der Waals surface area contributed by atoms with Crippen molar-refractivity contribution in [2.45, 2.75) is 25.7 Å². The summed E-state index contributed by atoms with van der Waals surface area (Å²) in [7, 11) is 0. The van der Waals surface area contributed by atoms with Crippen molar-refractivity contribution in [2.24, 2.45) is 0 Å². The van der Waals surface area contributed by atoms with E-state index < -0.39 is 0 Å². The van der Waals surface area contributed by atoms with Gasteiger partial charge in [-0.2, -0.15) is 0 Å². The number of imidazole rings is 2. The molecule has 0 bridgehead atoms. The lowest BCUT2D eigenvalue weighted by atomic mass is 10.2. The molecule has 0 atom stereocenters. The van der Waals surface area contributed by atoms with Crippen LogP contribution < -0.4 is 5.32 Å². The average molecular weight is 347 g/mol. The summed E-state index contributed by atoms with van der Waals surface area (Å²) in [6, 6.07) is 15.9. The van der Waals surface area contributed by atoms with E-state index in [1.807, 2.05) is 48.5 Å². The van der Waals surface area contributed by atoms with Gasteiger partial charge >= 0.3 is 0 Å². The molecule has 0 spiro atoms. The molecule has 0 unspecified atom stereocenters. The lowest BCUT2D eigenvalue weighted by molar-refractivity contribution is -0.121. The topological polar surface area (TPSA) is 86.5 Å². The Kier molecular flexibility index (Phi) is 4.64. The number of aryl methyl sites for hydroxylation is 2. The minimum absolute atomic E-state index is 0.0510. The molecule has 26 heavy (non-hydrogen) atoms. The number of nitrogens with zero attached hydrogens (tertiary/aromatic N) is 2. The van der Waals surface area contributed by atoms with Crippen molar-refractivity contribution < 1.29 is 4.79 Å². The lowest BCUT2D eigenvalue weighted by Crippen LogP contribution is -2.25. The fourth-order valence-corrected chi connectivity index (χ4v) is 3.05. The van der Waals surface area contributed by atoms with Gasteiger partial charge in [0, 0.05) is 25.8 Å². The molecule has 0 fully saturated rings. The average Bonchev–Trinajstić information content (AvgIpc) is 3.26. The predicted molar refractivity (Wildman–Crippen MR) is 102 cm³/mol. The van der Waals surface area contributed by atoms with Crippen molar-refractivity contribution >= 4 is 28.0 Å². The van der Waals surface area contributed by atoms with Gasteiger partial charge in [-0.15, -0.1) is 0 Å². The van der Waals surface area contributed by atoms with E-state index in [2.05, 4.69) is 25.3 Å². The number of fused-ring (bicyclic) bond motifs is 2. The van der Waals surface area contributed by atoms with Crippen LogP contribution in [-0.2, 0) is 17.6 Å². The second-order valence-electron chi connectivity index (χ2n) is 6.35. The number of nitrogens with one attached hydrogen (secondary N) is 3. The summed E-state index contributed by atoms with van der Waals surface area (Å²) < 4.78 is 0. The number of carbonyl (C=O) groups excluding carboxylic acids is 1. The van der Waals surface area contributed by atoms with Gasteiger partial charge in [0.05, 0.1) is 22.1 Å². The molecule has 2 heterocycles. The SMILES string of the molecule is O=C(CCc1nc2ccccc2[nH]1)NCCCc1nc2ccccc2[nH]1. The third kappa shape index (κ3) is 3.74. The number of para-hydroxylation sites is 4. The minimum atomic E-state index is 0.0510. The van der Waals surface area contributed by atoms with Crippen molar-refractivity contribution in [2.75, 3.05) is 6.54 Å². The van der Waals surface area contributed by atoms with Crippen LogP contribution >= 0.6 is 0 Å². The third-order valence-electron chi connectivity index (χ3n) is 4.38. The van der Waals surface area contributed by atoms with Gasteiger partial charge in [-0.3, -0.25) is 4.79 Å². The van der Waals surface area contributed by atoms with Crippen molar-refractivity contribution in [1.29, 1.82) is 0 Å². The van der Waals surface area contributed by atoms with Crippen LogP contribution in [0.25, 0.3) is 22.1 Å². The first-order valence-electron chi connectivity index (χ1n) is 8.92. The number of rotatable bonds is 7. The minimum Gasteiger partial charge on any atom is -0.356 e. The van der Waals surface area contributed by atoms with Crippen molar-refractivity contribution in [3.05, 3.63) is 60.2 Å². The first-order valence-corrected chi connectivity index (χ1v) is 8.92. The Morgan fingerprint density at radius 1 is 0.846 bits per heavy atom. The Labute approximate surface area is 151 Å². The van der Waals surface area contributed by atoms with Crippen LogP contribution in [0.1, 0.15) is 24.5 Å². The Bertz CT molecular complexity index is 967. The molecule has 0 saturated carbocycles. The van der Waals surface area contributed by atoms with Crippen LogP contribution in [0, 0.1) is 0 Å². The molecule has 4 aromatic rings. The van der Waals surface area contributed by atoms with Crippen LogP contribution in [0.5, 0.6) is 0 Å². The number of carbonyl (C=O) groups is 1. The molecule has 2 aromatic heterocycles. The van der Waals surface area contributed by atoms with Gasteiger partial charge in [-0.05, 0) is 30.7 Å². The molecule has 0 radical (unpaired) electrons. The van der Waals surface area contributed by atoms with Gasteiger partial charge in [-0.1, -0.05) is 24.3 Å². The zero-order valence-corrected chi connectivity index (χ0v) is 14.5. The normalized spacial score (nSPS) is 11.2. The highest BCUT2D eigenvalue weighted by atomic mass is 16.1. The van der Waals surface area contributed by atoms with Gasteiger partial charge in [0.2, 0.25) is 5.91 Å². The van der Waals surface area contributed by atoms with Crippen molar-refractivity contribution in [1.82, 2.24) is 25.3 Å². The third-order valence-corrected chi connectivity index (χ3v) is 4.38. The van der Waals surface area contributed by atoms with Crippen molar-refractivity contribution in [3.8, 4) is 0 Å². The number of hydrogen-bond acceptors (Lipinski definition) is 3. The van der Waals surface area contributed by atoms with Crippen molar-refractivity contribution in [3.63, 3.8) is 0 Å². The van der Waals surface area contributed by atoms with Crippen LogP contribution in [0.4, 0.5) is 0 Å².